The Morgan fingerprint density at radius 1 is 0.957 bits per heavy atom. The molecule has 0 aliphatic rings. The molecule has 0 unspecified atom stereocenters. The number of hydrazone groups is 1. The van der Waals surface area contributed by atoms with Gasteiger partial charge < -0.3 is 4.74 Å². The van der Waals surface area contributed by atoms with E-state index in [1.54, 1.807) is 18.3 Å². The largest absolute Gasteiger partial charge is 0.438 e. The minimum Gasteiger partial charge on any atom is -0.438 e. The highest BCUT2D eigenvalue weighted by molar-refractivity contribution is 6.29. The number of rotatable bonds is 5. The normalized spacial score (nSPS) is 10.7. The molecule has 0 atom stereocenters. The van der Waals surface area contributed by atoms with Gasteiger partial charge in [0.15, 0.2) is 5.15 Å². The Labute approximate surface area is 138 Å². The molecule has 5 nitrogen and oxygen atoms in total. The lowest BCUT2D eigenvalue weighted by atomic mass is 10.2. The highest BCUT2D eigenvalue weighted by Gasteiger charge is 2.00. The maximum atomic E-state index is 5.69. The van der Waals surface area contributed by atoms with Crippen LogP contribution in [-0.4, -0.2) is 16.4 Å². The quantitative estimate of drug-likeness (QED) is 0.559. The summed E-state index contributed by atoms with van der Waals surface area (Å²) < 4.78 is 5.62. The molecule has 6 heteroatoms. The Morgan fingerprint density at radius 2 is 1.83 bits per heavy atom. The van der Waals surface area contributed by atoms with E-state index in [4.69, 9.17) is 16.3 Å². The summed E-state index contributed by atoms with van der Waals surface area (Å²) in [6.45, 7) is 0. The van der Waals surface area contributed by atoms with Crippen LogP contribution in [-0.2, 0) is 0 Å². The summed E-state index contributed by atoms with van der Waals surface area (Å²) in [7, 11) is 0. The van der Waals surface area contributed by atoms with E-state index in [0.29, 0.717) is 16.8 Å². The second-order valence-corrected chi connectivity index (χ2v) is 4.99. The summed E-state index contributed by atoms with van der Waals surface area (Å²) in [5, 5.41) is 12.1. The van der Waals surface area contributed by atoms with E-state index in [9.17, 15) is 0 Å². The van der Waals surface area contributed by atoms with Crippen LogP contribution in [0.4, 0.5) is 5.69 Å². The average Bonchev–Trinajstić information content (AvgIpc) is 2.58. The lowest BCUT2D eigenvalue weighted by Gasteiger charge is -2.04. The average molecular weight is 325 g/mol. The number of ether oxygens (including phenoxy) is 1. The van der Waals surface area contributed by atoms with Gasteiger partial charge in [0.05, 0.1) is 11.9 Å². The van der Waals surface area contributed by atoms with Crippen molar-refractivity contribution < 1.29 is 4.74 Å². The smallest absolute Gasteiger partial charge is 0.238 e. The van der Waals surface area contributed by atoms with E-state index in [1.165, 1.54) is 0 Å². The van der Waals surface area contributed by atoms with Crippen molar-refractivity contribution in [3.05, 3.63) is 77.4 Å². The van der Waals surface area contributed by atoms with Crippen LogP contribution in [0, 0.1) is 0 Å². The van der Waals surface area contributed by atoms with E-state index in [2.05, 4.69) is 20.7 Å². The maximum Gasteiger partial charge on any atom is 0.238 e. The summed E-state index contributed by atoms with van der Waals surface area (Å²) in [6, 6.07) is 20.5. The van der Waals surface area contributed by atoms with Gasteiger partial charge in [0.1, 0.15) is 5.75 Å². The molecule has 2 aromatic carbocycles. The minimum absolute atomic E-state index is 0.324. The standard InChI is InChI=1S/C17H13ClN4O/c18-16-9-10-17(22-21-16)23-15-8-4-5-13(11-15)12-19-20-14-6-2-1-3-7-14/h1-12,20H. The van der Waals surface area contributed by atoms with Gasteiger partial charge >= 0.3 is 0 Å². The monoisotopic (exact) mass is 324 g/mol. The van der Waals surface area contributed by atoms with Gasteiger partial charge in [0, 0.05) is 6.07 Å². The number of anilines is 1. The van der Waals surface area contributed by atoms with Gasteiger partial charge in [-0.1, -0.05) is 41.9 Å². The molecule has 1 N–H and O–H groups in total. The summed E-state index contributed by atoms with van der Waals surface area (Å²) in [5.74, 6) is 1.02. The SMILES string of the molecule is Clc1ccc(Oc2cccc(C=NNc3ccccc3)c2)nn1. The van der Waals surface area contributed by atoms with Crippen LogP contribution < -0.4 is 10.2 Å². The van der Waals surface area contributed by atoms with Gasteiger partial charge in [-0.3, -0.25) is 5.43 Å². The molecule has 0 fully saturated rings. The van der Waals surface area contributed by atoms with Crippen LogP contribution in [0.25, 0.3) is 0 Å². The molecule has 114 valence electrons. The second kappa shape index (κ2) is 7.38. The van der Waals surface area contributed by atoms with Crippen molar-refractivity contribution in [1.82, 2.24) is 10.2 Å². The van der Waals surface area contributed by atoms with Crippen LogP contribution in [0.15, 0.2) is 71.8 Å². The molecule has 1 heterocycles. The predicted octanol–water partition coefficient (Wildman–Crippen LogP) is 4.37. The first-order chi connectivity index (χ1) is 11.3. The molecule has 0 radical (unpaired) electrons. The molecule has 0 aliphatic heterocycles. The van der Waals surface area contributed by atoms with Gasteiger partial charge in [0.25, 0.3) is 0 Å². The number of halogens is 1. The number of benzene rings is 2. The van der Waals surface area contributed by atoms with E-state index < -0.39 is 0 Å². The summed E-state index contributed by atoms with van der Waals surface area (Å²) in [6.07, 6.45) is 1.72. The first-order valence-electron chi connectivity index (χ1n) is 6.91. The molecule has 0 spiro atoms. The Bertz CT molecular complexity index is 791. The minimum atomic E-state index is 0.324. The first kappa shape index (κ1) is 15.0. The summed E-state index contributed by atoms with van der Waals surface area (Å²) >= 11 is 5.69. The van der Waals surface area contributed by atoms with Crippen molar-refractivity contribution >= 4 is 23.5 Å². The first-order valence-corrected chi connectivity index (χ1v) is 7.29. The maximum absolute atomic E-state index is 5.69. The van der Waals surface area contributed by atoms with Gasteiger partial charge in [-0.2, -0.15) is 5.10 Å². The fraction of sp³-hybridized carbons (Fsp3) is 0. The second-order valence-electron chi connectivity index (χ2n) is 4.60. The number of para-hydroxylation sites is 1. The van der Waals surface area contributed by atoms with Crippen LogP contribution >= 0.6 is 11.6 Å². The van der Waals surface area contributed by atoms with Crippen LogP contribution in [0.3, 0.4) is 0 Å². The molecule has 0 saturated carbocycles. The molecule has 0 aliphatic carbocycles. The van der Waals surface area contributed by atoms with Crippen molar-refractivity contribution in [1.29, 1.82) is 0 Å². The number of nitrogens with zero attached hydrogens (tertiary/aromatic N) is 3. The van der Waals surface area contributed by atoms with Gasteiger partial charge in [-0.15, -0.1) is 10.2 Å². The molecular weight excluding hydrogens is 312 g/mol. The Morgan fingerprint density at radius 3 is 2.61 bits per heavy atom. The Balaban J connectivity index is 1.66. The number of nitrogens with one attached hydrogen (secondary N) is 1. The number of aromatic nitrogens is 2. The predicted molar refractivity (Wildman–Crippen MR) is 91.2 cm³/mol. The van der Waals surface area contributed by atoms with Gasteiger partial charge in [-0.05, 0) is 35.9 Å². The van der Waals surface area contributed by atoms with Crippen LogP contribution in [0.2, 0.25) is 5.15 Å². The van der Waals surface area contributed by atoms with E-state index >= 15 is 0 Å². The molecule has 1 aromatic heterocycles. The lowest BCUT2D eigenvalue weighted by Crippen LogP contribution is -1.92. The molecule has 0 bridgehead atoms. The number of hydrogen-bond acceptors (Lipinski definition) is 5. The zero-order valence-electron chi connectivity index (χ0n) is 12.1. The summed E-state index contributed by atoms with van der Waals surface area (Å²) in [5.41, 5.74) is 4.78. The third-order valence-electron chi connectivity index (χ3n) is 2.87. The van der Waals surface area contributed by atoms with E-state index in [0.717, 1.165) is 11.3 Å². The molecule has 23 heavy (non-hydrogen) atoms. The molecule has 3 rings (SSSR count). The third kappa shape index (κ3) is 4.52. The van der Waals surface area contributed by atoms with Gasteiger partial charge in [0.2, 0.25) is 5.88 Å². The van der Waals surface area contributed by atoms with E-state index in [-0.39, 0.29) is 0 Å². The zero-order valence-corrected chi connectivity index (χ0v) is 12.8. The number of hydrogen-bond donors (Lipinski definition) is 1. The topological polar surface area (TPSA) is 59.4 Å². The Kier molecular flexibility index (Phi) is 4.81. The van der Waals surface area contributed by atoms with Crippen molar-refractivity contribution in [3.8, 4) is 11.6 Å². The molecule has 3 aromatic rings. The van der Waals surface area contributed by atoms with Crippen molar-refractivity contribution in [3.63, 3.8) is 0 Å². The van der Waals surface area contributed by atoms with Gasteiger partial charge in [-0.25, -0.2) is 0 Å². The van der Waals surface area contributed by atoms with Crippen LogP contribution in [0.1, 0.15) is 5.56 Å². The third-order valence-corrected chi connectivity index (χ3v) is 3.07. The van der Waals surface area contributed by atoms with Crippen molar-refractivity contribution in [2.75, 3.05) is 5.43 Å². The molecule has 0 amide bonds. The van der Waals surface area contributed by atoms with Crippen molar-refractivity contribution in [2.24, 2.45) is 5.10 Å². The fourth-order valence-electron chi connectivity index (χ4n) is 1.83. The lowest BCUT2D eigenvalue weighted by molar-refractivity contribution is 0.455. The molecule has 0 saturated heterocycles. The highest BCUT2D eigenvalue weighted by atomic mass is 35.5. The molecular formula is C17H13ClN4O. The van der Waals surface area contributed by atoms with E-state index in [1.807, 2.05) is 54.6 Å². The zero-order chi connectivity index (χ0) is 15.9. The summed E-state index contributed by atoms with van der Waals surface area (Å²) in [4.78, 5) is 0. The van der Waals surface area contributed by atoms with Crippen LogP contribution in [0.5, 0.6) is 11.6 Å². The van der Waals surface area contributed by atoms with Crippen molar-refractivity contribution in [2.45, 2.75) is 0 Å². The highest BCUT2D eigenvalue weighted by Crippen LogP contribution is 2.20. The Hall–Kier alpha value is -2.92. The fourth-order valence-corrected chi connectivity index (χ4v) is 1.93.